The molecule has 0 bridgehead atoms. The molecule has 1 N–H and O–H groups in total. The Bertz CT molecular complexity index is 1400. The summed E-state index contributed by atoms with van der Waals surface area (Å²) in [5, 5.41) is 4.39. The van der Waals surface area contributed by atoms with Crippen LogP contribution in [0.2, 0.25) is 0 Å². The molecule has 2 heterocycles. The Morgan fingerprint density at radius 3 is 2.62 bits per heavy atom. The third kappa shape index (κ3) is 4.47. The maximum absolute atomic E-state index is 13.5. The van der Waals surface area contributed by atoms with Gasteiger partial charge in [-0.15, -0.1) is 17.9 Å². The molecule has 5 rings (SSSR count). The number of anilines is 1. The lowest BCUT2D eigenvalue weighted by Crippen LogP contribution is -2.34. The molecule has 1 aliphatic rings. The van der Waals surface area contributed by atoms with Gasteiger partial charge in [-0.05, 0) is 61.4 Å². The molecule has 3 nitrogen and oxygen atoms in total. The van der Waals surface area contributed by atoms with Gasteiger partial charge in [0.25, 0.3) is 0 Å². The van der Waals surface area contributed by atoms with E-state index < -0.39 is 0 Å². The van der Waals surface area contributed by atoms with Crippen LogP contribution in [0.4, 0.5) is 10.2 Å². The van der Waals surface area contributed by atoms with E-state index in [-0.39, 0.29) is 11.4 Å². The summed E-state index contributed by atoms with van der Waals surface area (Å²) in [4.78, 5) is 10.6. The number of aryl methyl sites for hydroxylation is 1. The van der Waals surface area contributed by atoms with Crippen LogP contribution in [-0.2, 0) is 0 Å². The number of hydrogen-bond donors (Lipinski definition) is 1. The molecule has 1 aliphatic carbocycles. The van der Waals surface area contributed by atoms with E-state index in [2.05, 4.69) is 60.2 Å². The zero-order valence-electron chi connectivity index (χ0n) is 18.8. The molecular weight excluding hydrogens is 441 g/mol. The lowest BCUT2D eigenvalue weighted by molar-refractivity contribution is 0.628. The van der Waals surface area contributed by atoms with Gasteiger partial charge >= 0.3 is 0 Å². The molecule has 5 heteroatoms. The van der Waals surface area contributed by atoms with Gasteiger partial charge < -0.3 is 5.32 Å². The minimum atomic E-state index is -0.368. The number of nitrogens with one attached hydrogen (secondary N) is 1. The lowest BCUT2D eigenvalue weighted by atomic mass is 9.91. The molecule has 0 fully saturated rings. The third-order valence-corrected chi connectivity index (χ3v) is 7.01. The Hall–Kier alpha value is -3.83. The van der Waals surface area contributed by atoms with Gasteiger partial charge in [0, 0.05) is 17.3 Å². The number of aromatic nitrogens is 2. The van der Waals surface area contributed by atoms with Gasteiger partial charge in [0.05, 0.1) is 16.1 Å². The highest BCUT2D eigenvalue weighted by Crippen LogP contribution is 2.41. The summed E-state index contributed by atoms with van der Waals surface area (Å²) in [5.41, 5.74) is 4.67. The highest BCUT2D eigenvalue weighted by atomic mass is 32.1. The Kier molecular flexibility index (Phi) is 5.95. The van der Waals surface area contributed by atoms with Gasteiger partial charge in [0.15, 0.2) is 0 Å². The van der Waals surface area contributed by atoms with Crippen LogP contribution in [0.1, 0.15) is 12.0 Å². The van der Waals surface area contributed by atoms with Crippen LogP contribution in [0, 0.1) is 12.7 Å². The topological polar surface area (TPSA) is 37.8 Å². The summed E-state index contributed by atoms with van der Waals surface area (Å²) in [6.07, 6.45) is 12.8. The summed E-state index contributed by atoms with van der Waals surface area (Å²) in [6, 6.07) is 18.9. The van der Waals surface area contributed by atoms with Gasteiger partial charge in [-0.25, -0.2) is 14.4 Å². The second-order valence-corrected chi connectivity index (χ2v) is 9.36. The van der Waals surface area contributed by atoms with Crippen molar-refractivity contribution in [3.8, 4) is 32.3 Å². The van der Waals surface area contributed by atoms with Crippen LogP contribution in [-0.4, -0.2) is 15.5 Å². The van der Waals surface area contributed by atoms with Crippen LogP contribution in [0.3, 0.4) is 0 Å². The molecule has 1 atom stereocenters. The molecule has 168 valence electrons. The summed E-state index contributed by atoms with van der Waals surface area (Å²) < 4.78 is 13.5. The average molecular weight is 466 g/mol. The molecule has 2 aromatic carbocycles. The SMILES string of the molecule is C=C[C@@]1(Nc2cc(-c3sc(-c4ccc(F)cc4)nc3-c3cccc(C)c3)ccn2)C=CC=CC1. The average Bonchev–Trinajstić information content (AvgIpc) is 3.31. The fourth-order valence-corrected chi connectivity index (χ4v) is 5.12. The van der Waals surface area contributed by atoms with Crippen molar-refractivity contribution < 1.29 is 4.39 Å². The van der Waals surface area contributed by atoms with E-state index in [1.54, 1.807) is 23.5 Å². The van der Waals surface area contributed by atoms with Crippen molar-refractivity contribution in [1.82, 2.24) is 9.97 Å². The highest BCUT2D eigenvalue weighted by Gasteiger charge is 2.24. The van der Waals surface area contributed by atoms with Crippen molar-refractivity contribution in [3.63, 3.8) is 0 Å². The number of allylic oxidation sites excluding steroid dienone is 2. The van der Waals surface area contributed by atoms with Gasteiger partial charge in [0.1, 0.15) is 16.6 Å². The molecule has 4 aromatic rings. The maximum Gasteiger partial charge on any atom is 0.127 e. The Labute approximate surface area is 203 Å². The van der Waals surface area contributed by atoms with Crippen molar-refractivity contribution in [2.45, 2.75) is 18.9 Å². The smallest absolute Gasteiger partial charge is 0.127 e. The lowest BCUT2D eigenvalue weighted by Gasteiger charge is -2.29. The predicted octanol–water partition coefficient (Wildman–Crippen LogP) is 7.84. The van der Waals surface area contributed by atoms with Crippen LogP contribution in [0.25, 0.3) is 32.3 Å². The van der Waals surface area contributed by atoms with Crippen LogP contribution >= 0.6 is 11.3 Å². The van der Waals surface area contributed by atoms with Crippen molar-refractivity contribution in [3.05, 3.63) is 115 Å². The first-order chi connectivity index (χ1) is 16.5. The van der Waals surface area contributed by atoms with Crippen molar-refractivity contribution >= 4 is 17.2 Å². The highest BCUT2D eigenvalue weighted by molar-refractivity contribution is 7.19. The first kappa shape index (κ1) is 22.0. The molecule has 0 unspecified atom stereocenters. The summed E-state index contributed by atoms with van der Waals surface area (Å²) in [5.74, 6) is 0.510. The number of rotatable bonds is 6. The number of benzene rings is 2. The van der Waals surface area contributed by atoms with E-state index in [1.807, 2.05) is 36.6 Å². The van der Waals surface area contributed by atoms with E-state index in [1.165, 1.54) is 17.7 Å². The van der Waals surface area contributed by atoms with Gasteiger partial charge in [-0.1, -0.05) is 54.1 Å². The van der Waals surface area contributed by atoms with E-state index in [9.17, 15) is 4.39 Å². The molecule has 0 saturated heterocycles. The van der Waals surface area contributed by atoms with Crippen LogP contribution in [0.5, 0.6) is 0 Å². The zero-order chi connectivity index (χ0) is 23.5. The van der Waals surface area contributed by atoms with E-state index in [4.69, 9.17) is 4.98 Å². The number of pyridine rings is 1. The predicted molar refractivity (Wildman–Crippen MR) is 140 cm³/mol. The molecule has 0 aliphatic heterocycles. The van der Waals surface area contributed by atoms with Crippen molar-refractivity contribution in [2.75, 3.05) is 5.32 Å². The van der Waals surface area contributed by atoms with Crippen LogP contribution < -0.4 is 5.32 Å². The minimum Gasteiger partial charge on any atom is -0.357 e. The minimum absolute atomic E-state index is 0.257. The second kappa shape index (κ2) is 9.20. The van der Waals surface area contributed by atoms with Gasteiger partial charge in [-0.3, -0.25) is 0 Å². The monoisotopic (exact) mass is 465 g/mol. The number of hydrogen-bond acceptors (Lipinski definition) is 4. The summed E-state index contributed by atoms with van der Waals surface area (Å²) in [7, 11) is 0. The normalized spacial score (nSPS) is 17.0. The Balaban J connectivity index is 1.59. The molecule has 0 saturated carbocycles. The fourth-order valence-electron chi connectivity index (χ4n) is 4.03. The Morgan fingerprint density at radius 1 is 1.03 bits per heavy atom. The fraction of sp³-hybridized carbons (Fsp3) is 0.103. The molecule has 34 heavy (non-hydrogen) atoms. The standard InChI is InChI=1S/C29H24FN3S/c1-3-29(15-5-4-6-16-29)33-25-19-23(14-17-31-25)27-26(22-9-7-8-20(2)18-22)32-28(34-27)21-10-12-24(30)13-11-21/h3-15,17-19H,1,16H2,2H3,(H,31,33)/t29-/m1/s1. The number of nitrogens with zero attached hydrogens (tertiary/aromatic N) is 2. The summed E-state index contributed by atoms with van der Waals surface area (Å²) in [6.45, 7) is 6.10. The molecule has 0 radical (unpaired) electrons. The van der Waals surface area contributed by atoms with E-state index in [0.717, 1.165) is 44.5 Å². The first-order valence-electron chi connectivity index (χ1n) is 11.1. The number of halogens is 1. The van der Waals surface area contributed by atoms with E-state index >= 15 is 0 Å². The van der Waals surface area contributed by atoms with Crippen LogP contribution in [0.15, 0.2) is 104 Å². The summed E-state index contributed by atoms with van der Waals surface area (Å²) >= 11 is 1.60. The quantitative estimate of drug-likeness (QED) is 0.295. The van der Waals surface area contributed by atoms with Gasteiger partial charge in [0.2, 0.25) is 0 Å². The largest absolute Gasteiger partial charge is 0.357 e. The molecule has 0 amide bonds. The third-order valence-electron chi connectivity index (χ3n) is 5.85. The van der Waals surface area contributed by atoms with Gasteiger partial charge in [-0.2, -0.15) is 0 Å². The number of thiazole rings is 1. The first-order valence-corrected chi connectivity index (χ1v) is 11.9. The molecular formula is C29H24FN3S. The molecule has 2 aromatic heterocycles. The van der Waals surface area contributed by atoms with E-state index in [0.29, 0.717) is 0 Å². The maximum atomic E-state index is 13.5. The van der Waals surface area contributed by atoms with Crippen molar-refractivity contribution in [2.24, 2.45) is 0 Å². The molecule has 0 spiro atoms. The van der Waals surface area contributed by atoms with Crippen molar-refractivity contribution in [1.29, 1.82) is 0 Å². The zero-order valence-corrected chi connectivity index (χ0v) is 19.6. The second-order valence-electron chi connectivity index (χ2n) is 8.36. The Morgan fingerprint density at radius 2 is 1.88 bits per heavy atom.